The molecule has 2 aromatic rings. The number of carbonyl (C=O) groups excluding carboxylic acids is 1. The van der Waals surface area contributed by atoms with Crippen LogP contribution in [0.5, 0.6) is 0 Å². The number of piperidine rings is 1. The molecule has 1 aliphatic heterocycles. The summed E-state index contributed by atoms with van der Waals surface area (Å²) in [6.45, 7) is 7.63. The van der Waals surface area contributed by atoms with Gasteiger partial charge in [0, 0.05) is 37.4 Å². The lowest BCUT2D eigenvalue weighted by molar-refractivity contribution is 0.0773. The molecule has 4 heteroatoms. The molecule has 1 heterocycles. The summed E-state index contributed by atoms with van der Waals surface area (Å²) >= 11 is 0. The second-order valence-electron chi connectivity index (χ2n) is 7.46. The quantitative estimate of drug-likeness (QED) is 0.791. The zero-order valence-corrected chi connectivity index (χ0v) is 17.2. The molecule has 0 aromatic heterocycles. The van der Waals surface area contributed by atoms with Crippen LogP contribution in [0.25, 0.3) is 5.57 Å². The third kappa shape index (κ3) is 4.45. The predicted molar refractivity (Wildman–Crippen MR) is 117 cm³/mol. The van der Waals surface area contributed by atoms with Gasteiger partial charge in [0.2, 0.25) is 0 Å². The molecule has 3 rings (SSSR count). The Hall–Kier alpha value is -2.59. The maximum Gasteiger partial charge on any atom is 0.253 e. The standard InChI is InChI=1S/C24H31N3O/c1-4-27(5-2)24(28)21-8-6-18(7-9-21)23(19-10-12-22(25)13-11-19)20-14-16-26(3)17-15-20/h6-13H,4-5,14-17,25H2,1-3H3. The van der Waals surface area contributed by atoms with Crippen molar-refractivity contribution in [3.8, 4) is 0 Å². The highest BCUT2D eigenvalue weighted by atomic mass is 16.2. The van der Waals surface area contributed by atoms with E-state index in [1.54, 1.807) is 0 Å². The summed E-state index contributed by atoms with van der Waals surface area (Å²) in [4.78, 5) is 16.9. The van der Waals surface area contributed by atoms with E-state index >= 15 is 0 Å². The van der Waals surface area contributed by atoms with Crippen LogP contribution in [0.1, 0.15) is 48.2 Å². The van der Waals surface area contributed by atoms with Crippen LogP contribution >= 0.6 is 0 Å². The van der Waals surface area contributed by atoms with Crippen molar-refractivity contribution in [2.24, 2.45) is 0 Å². The number of rotatable bonds is 5. The Labute approximate surface area is 168 Å². The van der Waals surface area contributed by atoms with Gasteiger partial charge in [-0.25, -0.2) is 0 Å². The van der Waals surface area contributed by atoms with Gasteiger partial charge < -0.3 is 15.5 Å². The summed E-state index contributed by atoms with van der Waals surface area (Å²) in [5.74, 6) is 0.0949. The van der Waals surface area contributed by atoms with Gasteiger partial charge in [-0.15, -0.1) is 0 Å². The molecule has 0 unspecified atom stereocenters. The zero-order valence-electron chi connectivity index (χ0n) is 17.2. The fraction of sp³-hybridized carbons (Fsp3) is 0.375. The molecule has 1 saturated heterocycles. The second kappa shape index (κ2) is 9.07. The Balaban J connectivity index is 1.98. The highest BCUT2D eigenvalue weighted by Crippen LogP contribution is 2.32. The SMILES string of the molecule is CCN(CC)C(=O)c1ccc(C(=C2CCN(C)CC2)c2ccc(N)cc2)cc1. The molecule has 1 fully saturated rings. The van der Waals surface area contributed by atoms with Gasteiger partial charge in [0.15, 0.2) is 0 Å². The Morgan fingerprint density at radius 2 is 1.36 bits per heavy atom. The lowest BCUT2D eigenvalue weighted by atomic mass is 9.88. The summed E-state index contributed by atoms with van der Waals surface area (Å²) in [6, 6.07) is 16.2. The molecule has 2 N–H and O–H groups in total. The van der Waals surface area contributed by atoms with E-state index in [0.717, 1.165) is 50.3 Å². The molecule has 2 aromatic carbocycles. The van der Waals surface area contributed by atoms with Gasteiger partial charge in [0.05, 0.1) is 0 Å². The van der Waals surface area contributed by atoms with Crippen molar-refractivity contribution >= 4 is 17.2 Å². The normalized spacial score (nSPS) is 14.8. The van der Waals surface area contributed by atoms with Gasteiger partial charge >= 0.3 is 0 Å². The molecule has 28 heavy (non-hydrogen) atoms. The van der Waals surface area contributed by atoms with E-state index in [0.29, 0.717) is 0 Å². The van der Waals surface area contributed by atoms with E-state index < -0.39 is 0 Å². The number of anilines is 1. The van der Waals surface area contributed by atoms with Crippen molar-refractivity contribution in [1.29, 1.82) is 0 Å². The third-order valence-electron chi connectivity index (χ3n) is 5.61. The third-order valence-corrected chi connectivity index (χ3v) is 5.61. The highest BCUT2D eigenvalue weighted by Gasteiger charge is 2.18. The molecule has 4 nitrogen and oxygen atoms in total. The van der Waals surface area contributed by atoms with E-state index in [2.05, 4.69) is 36.2 Å². The molecular weight excluding hydrogens is 346 g/mol. The van der Waals surface area contributed by atoms with Crippen molar-refractivity contribution in [1.82, 2.24) is 9.80 Å². The fourth-order valence-electron chi connectivity index (χ4n) is 3.84. The number of hydrogen-bond donors (Lipinski definition) is 1. The minimum Gasteiger partial charge on any atom is -0.399 e. The van der Waals surface area contributed by atoms with Crippen LogP contribution in [0.2, 0.25) is 0 Å². The van der Waals surface area contributed by atoms with Gasteiger partial charge in [0.25, 0.3) is 5.91 Å². The number of amides is 1. The Kier molecular flexibility index (Phi) is 6.53. The van der Waals surface area contributed by atoms with E-state index in [4.69, 9.17) is 5.73 Å². The Morgan fingerprint density at radius 1 is 0.893 bits per heavy atom. The van der Waals surface area contributed by atoms with E-state index in [1.165, 1.54) is 22.3 Å². The first-order valence-corrected chi connectivity index (χ1v) is 10.2. The van der Waals surface area contributed by atoms with Crippen LogP contribution in [0.15, 0.2) is 54.1 Å². The molecule has 0 radical (unpaired) electrons. The number of nitrogens with zero attached hydrogens (tertiary/aromatic N) is 2. The van der Waals surface area contributed by atoms with Crippen LogP contribution < -0.4 is 5.73 Å². The summed E-state index contributed by atoms with van der Waals surface area (Å²) in [6.07, 6.45) is 2.13. The average molecular weight is 378 g/mol. The van der Waals surface area contributed by atoms with Gasteiger partial charge in [-0.2, -0.15) is 0 Å². The molecular formula is C24H31N3O. The van der Waals surface area contributed by atoms with Crippen molar-refractivity contribution in [2.75, 3.05) is 39.0 Å². The van der Waals surface area contributed by atoms with Gasteiger partial charge in [-0.1, -0.05) is 29.8 Å². The zero-order chi connectivity index (χ0) is 20.1. The Bertz CT molecular complexity index is 823. The summed E-state index contributed by atoms with van der Waals surface area (Å²) in [5.41, 5.74) is 12.6. The Morgan fingerprint density at radius 3 is 1.86 bits per heavy atom. The van der Waals surface area contributed by atoms with Crippen LogP contribution in [0.4, 0.5) is 5.69 Å². The molecule has 148 valence electrons. The van der Waals surface area contributed by atoms with Crippen LogP contribution in [0, 0.1) is 0 Å². The van der Waals surface area contributed by atoms with Gasteiger partial charge in [-0.3, -0.25) is 4.79 Å². The maximum atomic E-state index is 12.6. The first-order chi connectivity index (χ1) is 13.5. The number of benzene rings is 2. The monoisotopic (exact) mass is 377 g/mol. The van der Waals surface area contributed by atoms with Crippen molar-refractivity contribution < 1.29 is 4.79 Å². The minimum atomic E-state index is 0.0949. The summed E-state index contributed by atoms with van der Waals surface area (Å²) in [7, 11) is 2.17. The number of carbonyl (C=O) groups is 1. The summed E-state index contributed by atoms with van der Waals surface area (Å²) < 4.78 is 0. The number of nitrogen functional groups attached to an aromatic ring is 1. The van der Waals surface area contributed by atoms with Crippen molar-refractivity contribution in [3.63, 3.8) is 0 Å². The topological polar surface area (TPSA) is 49.6 Å². The lowest BCUT2D eigenvalue weighted by Crippen LogP contribution is -2.30. The number of likely N-dealkylation sites (tertiary alicyclic amines) is 1. The molecule has 1 amide bonds. The first-order valence-electron chi connectivity index (χ1n) is 10.2. The van der Waals surface area contributed by atoms with Crippen molar-refractivity contribution in [3.05, 3.63) is 70.8 Å². The minimum absolute atomic E-state index is 0.0949. The van der Waals surface area contributed by atoms with E-state index in [-0.39, 0.29) is 5.91 Å². The second-order valence-corrected chi connectivity index (χ2v) is 7.46. The van der Waals surface area contributed by atoms with Crippen LogP contribution in [-0.4, -0.2) is 48.9 Å². The lowest BCUT2D eigenvalue weighted by Gasteiger charge is -2.27. The number of hydrogen-bond acceptors (Lipinski definition) is 3. The van der Waals surface area contributed by atoms with E-state index in [9.17, 15) is 4.79 Å². The van der Waals surface area contributed by atoms with Gasteiger partial charge in [-0.05, 0) is 74.7 Å². The number of nitrogens with two attached hydrogens (primary N) is 1. The molecule has 0 spiro atoms. The fourth-order valence-corrected chi connectivity index (χ4v) is 3.84. The molecule has 0 bridgehead atoms. The van der Waals surface area contributed by atoms with Crippen LogP contribution in [-0.2, 0) is 0 Å². The molecule has 1 aliphatic rings. The predicted octanol–water partition coefficient (Wildman–Crippen LogP) is 4.28. The highest BCUT2D eigenvalue weighted by molar-refractivity contribution is 5.95. The van der Waals surface area contributed by atoms with Gasteiger partial charge in [0.1, 0.15) is 0 Å². The first kappa shape index (κ1) is 20.2. The smallest absolute Gasteiger partial charge is 0.253 e. The molecule has 0 saturated carbocycles. The van der Waals surface area contributed by atoms with Crippen molar-refractivity contribution in [2.45, 2.75) is 26.7 Å². The largest absolute Gasteiger partial charge is 0.399 e. The molecule has 0 aliphatic carbocycles. The van der Waals surface area contributed by atoms with Crippen LogP contribution in [0.3, 0.4) is 0 Å². The summed E-state index contributed by atoms with van der Waals surface area (Å²) in [5, 5.41) is 0. The molecule has 0 atom stereocenters. The maximum absolute atomic E-state index is 12.6. The average Bonchev–Trinajstić information content (AvgIpc) is 2.72. The van der Waals surface area contributed by atoms with E-state index in [1.807, 2.05) is 43.0 Å².